The first-order valence-electron chi connectivity index (χ1n) is 3.85. The maximum atomic E-state index is 7.05. The third-order valence-electron chi connectivity index (χ3n) is 1.44. The third-order valence-corrected chi connectivity index (χ3v) is 1.44. The van der Waals surface area contributed by atoms with E-state index in [-0.39, 0.29) is 0 Å². The van der Waals surface area contributed by atoms with Gasteiger partial charge in [-0.05, 0) is 18.3 Å². The van der Waals surface area contributed by atoms with Crippen molar-refractivity contribution >= 4 is 5.84 Å². The molecule has 0 rings (SSSR count). The van der Waals surface area contributed by atoms with Crippen LogP contribution in [0.5, 0.6) is 0 Å². The Morgan fingerprint density at radius 3 is 2.20 bits per heavy atom. The largest absolute Gasteiger partial charge is 0.388 e. The molecule has 1 unspecified atom stereocenters. The Morgan fingerprint density at radius 1 is 1.40 bits per heavy atom. The molecule has 0 aromatic heterocycles. The van der Waals surface area contributed by atoms with Crippen molar-refractivity contribution < 1.29 is 0 Å². The van der Waals surface area contributed by atoms with Gasteiger partial charge < -0.3 is 5.73 Å². The summed E-state index contributed by atoms with van der Waals surface area (Å²) in [6.07, 6.45) is 1.91. The molecule has 0 aromatic rings. The first-order valence-corrected chi connectivity index (χ1v) is 3.85. The van der Waals surface area contributed by atoms with Gasteiger partial charge >= 0.3 is 0 Å². The van der Waals surface area contributed by atoms with Crippen molar-refractivity contribution in [3.63, 3.8) is 0 Å². The first kappa shape index (κ1) is 9.47. The summed E-state index contributed by atoms with van der Waals surface area (Å²) >= 11 is 0. The Balaban J connectivity index is 3.43. The van der Waals surface area contributed by atoms with Crippen molar-refractivity contribution in [1.82, 2.24) is 0 Å². The van der Waals surface area contributed by atoms with Crippen molar-refractivity contribution in [2.24, 2.45) is 17.6 Å². The zero-order valence-electron chi connectivity index (χ0n) is 7.15. The summed E-state index contributed by atoms with van der Waals surface area (Å²) in [5, 5.41) is 7.05. The number of nitrogens with one attached hydrogen (secondary N) is 1. The monoisotopic (exact) mass is 142 g/mol. The van der Waals surface area contributed by atoms with E-state index in [2.05, 4.69) is 20.8 Å². The zero-order valence-corrected chi connectivity index (χ0v) is 7.15. The second kappa shape index (κ2) is 4.31. The van der Waals surface area contributed by atoms with Gasteiger partial charge in [-0.2, -0.15) is 0 Å². The molecule has 0 heterocycles. The van der Waals surface area contributed by atoms with Crippen LogP contribution >= 0.6 is 0 Å². The van der Waals surface area contributed by atoms with Gasteiger partial charge in [0.2, 0.25) is 0 Å². The van der Waals surface area contributed by atoms with Crippen molar-refractivity contribution in [3.05, 3.63) is 0 Å². The highest BCUT2D eigenvalue weighted by Gasteiger charge is 2.05. The molecule has 0 radical (unpaired) electrons. The molecular formula is C8H18N2. The van der Waals surface area contributed by atoms with Crippen LogP contribution in [-0.4, -0.2) is 5.84 Å². The lowest BCUT2D eigenvalue weighted by atomic mass is 9.96. The summed E-state index contributed by atoms with van der Waals surface area (Å²) in [6, 6.07) is 0. The molecule has 0 spiro atoms. The molecule has 0 saturated heterocycles. The van der Waals surface area contributed by atoms with Crippen molar-refractivity contribution in [1.29, 1.82) is 5.41 Å². The molecule has 0 amide bonds. The summed E-state index contributed by atoms with van der Waals surface area (Å²) in [7, 11) is 0. The molecule has 3 N–H and O–H groups in total. The molecule has 0 bridgehead atoms. The molecule has 0 aromatic carbocycles. The van der Waals surface area contributed by atoms with Gasteiger partial charge in [0, 0.05) is 6.42 Å². The fourth-order valence-electron chi connectivity index (χ4n) is 1.26. The highest BCUT2D eigenvalue weighted by molar-refractivity contribution is 5.76. The fourth-order valence-corrected chi connectivity index (χ4v) is 1.26. The maximum Gasteiger partial charge on any atom is 0.0907 e. The minimum absolute atomic E-state index is 0.313. The SMILES string of the molecule is CC(C)CC(C)CC(=N)N. The average Bonchev–Trinajstić information content (AvgIpc) is 1.58. The van der Waals surface area contributed by atoms with Crippen LogP contribution in [0.2, 0.25) is 0 Å². The van der Waals surface area contributed by atoms with Gasteiger partial charge in [-0.1, -0.05) is 20.8 Å². The van der Waals surface area contributed by atoms with Crippen molar-refractivity contribution in [2.45, 2.75) is 33.6 Å². The van der Waals surface area contributed by atoms with Crippen LogP contribution in [0.3, 0.4) is 0 Å². The van der Waals surface area contributed by atoms with Gasteiger partial charge in [-0.25, -0.2) is 0 Å². The number of amidine groups is 1. The molecule has 2 heteroatoms. The molecule has 0 aliphatic heterocycles. The normalized spacial score (nSPS) is 13.6. The summed E-state index contributed by atoms with van der Waals surface area (Å²) < 4.78 is 0. The highest BCUT2D eigenvalue weighted by Crippen LogP contribution is 2.13. The minimum atomic E-state index is 0.313. The van der Waals surface area contributed by atoms with Crippen LogP contribution < -0.4 is 5.73 Å². The van der Waals surface area contributed by atoms with Crippen LogP contribution in [0, 0.1) is 17.2 Å². The van der Waals surface area contributed by atoms with Crippen LogP contribution in [0.25, 0.3) is 0 Å². The second-order valence-electron chi connectivity index (χ2n) is 3.46. The Kier molecular flexibility index (Phi) is 4.08. The third kappa shape index (κ3) is 5.60. The Hall–Kier alpha value is -0.530. The van der Waals surface area contributed by atoms with Crippen molar-refractivity contribution in [3.8, 4) is 0 Å². The minimum Gasteiger partial charge on any atom is -0.388 e. The van der Waals surface area contributed by atoms with Crippen LogP contribution in [0.4, 0.5) is 0 Å². The fraction of sp³-hybridized carbons (Fsp3) is 0.875. The van der Waals surface area contributed by atoms with Crippen LogP contribution in [-0.2, 0) is 0 Å². The van der Waals surface area contributed by atoms with Gasteiger partial charge in [-0.15, -0.1) is 0 Å². The summed E-state index contributed by atoms with van der Waals surface area (Å²) in [4.78, 5) is 0. The molecule has 1 atom stereocenters. The quantitative estimate of drug-likeness (QED) is 0.457. The van der Waals surface area contributed by atoms with Gasteiger partial charge in [-0.3, -0.25) is 5.41 Å². The number of hydrogen-bond donors (Lipinski definition) is 2. The molecule has 0 aliphatic rings. The van der Waals surface area contributed by atoms with Gasteiger partial charge in [0.25, 0.3) is 0 Å². The topological polar surface area (TPSA) is 49.9 Å². The van der Waals surface area contributed by atoms with Gasteiger partial charge in [0.1, 0.15) is 0 Å². The van der Waals surface area contributed by atoms with E-state index in [0.29, 0.717) is 17.7 Å². The molecule has 0 saturated carbocycles. The lowest BCUT2D eigenvalue weighted by molar-refractivity contribution is 0.449. The van der Waals surface area contributed by atoms with E-state index in [1.807, 2.05) is 0 Å². The van der Waals surface area contributed by atoms with Gasteiger partial charge in [0.05, 0.1) is 5.84 Å². The molecule has 0 fully saturated rings. The highest BCUT2D eigenvalue weighted by atomic mass is 14.7. The summed E-state index contributed by atoms with van der Waals surface area (Å²) in [5.41, 5.74) is 5.25. The van der Waals surface area contributed by atoms with Gasteiger partial charge in [0.15, 0.2) is 0 Å². The Labute approximate surface area is 63.3 Å². The van der Waals surface area contributed by atoms with Crippen molar-refractivity contribution in [2.75, 3.05) is 0 Å². The summed E-state index contributed by atoms with van der Waals surface area (Å²) in [5.74, 6) is 1.60. The standard InChI is InChI=1S/C8H18N2/c1-6(2)4-7(3)5-8(9)10/h6-7H,4-5H2,1-3H3,(H3,9,10). The number of rotatable bonds is 4. The zero-order chi connectivity index (χ0) is 8.15. The van der Waals surface area contributed by atoms with E-state index in [9.17, 15) is 0 Å². The molecule has 2 nitrogen and oxygen atoms in total. The lowest BCUT2D eigenvalue weighted by Crippen LogP contribution is -2.14. The average molecular weight is 142 g/mol. The first-order chi connectivity index (χ1) is 4.52. The molecule has 0 aliphatic carbocycles. The van der Waals surface area contributed by atoms with E-state index >= 15 is 0 Å². The smallest absolute Gasteiger partial charge is 0.0907 e. The second-order valence-corrected chi connectivity index (χ2v) is 3.46. The van der Waals surface area contributed by atoms with Crippen LogP contribution in [0.15, 0.2) is 0 Å². The predicted molar refractivity (Wildman–Crippen MR) is 45.2 cm³/mol. The van der Waals surface area contributed by atoms with E-state index in [0.717, 1.165) is 6.42 Å². The number of nitrogens with two attached hydrogens (primary N) is 1. The predicted octanol–water partition coefficient (Wildman–Crippen LogP) is 1.99. The summed E-state index contributed by atoms with van der Waals surface area (Å²) in [6.45, 7) is 6.52. The maximum absolute atomic E-state index is 7.05. The van der Waals surface area contributed by atoms with E-state index in [1.54, 1.807) is 0 Å². The molecule has 10 heavy (non-hydrogen) atoms. The molecular weight excluding hydrogens is 124 g/mol. The van der Waals surface area contributed by atoms with E-state index in [4.69, 9.17) is 11.1 Å². The lowest BCUT2D eigenvalue weighted by Gasteiger charge is -2.11. The Morgan fingerprint density at radius 2 is 1.90 bits per heavy atom. The Bertz CT molecular complexity index is 108. The molecule has 60 valence electrons. The van der Waals surface area contributed by atoms with Crippen LogP contribution in [0.1, 0.15) is 33.6 Å². The number of hydrogen-bond acceptors (Lipinski definition) is 1. The van der Waals surface area contributed by atoms with E-state index < -0.39 is 0 Å². The van der Waals surface area contributed by atoms with E-state index in [1.165, 1.54) is 6.42 Å².